The van der Waals surface area contributed by atoms with Crippen molar-refractivity contribution >= 4 is 22.6 Å². The molecule has 21 heavy (non-hydrogen) atoms. The topological polar surface area (TPSA) is 70.0 Å². The van der Waals surface area contributed by atoms with E-state index in [0.29, 0.717) is 21.9 Å². The van der Waals surface area contributed by atoms with Gasteiger partial charge in [-0.05, 0) is 33.9 Å². The molecule has 2 aromatic carbocycles. The number of ketones is 1. The summed E-state index contributed by atoms with van der Waals surface area (Å²) in [4.78, 5) is 12.5. The van der Waals surface area contributed by atoms with Gasteiger partial charge in [0.15, 0.2) is 11.5 Å². The van der Waals surface area contributed by atoms with Gasteiger partial charge in [-0.2, -0.15) is 0 Å². The van der Waals surface area contributed by atoms with Crippen molar-refractivity contribution in [1.29, 1.82) is 0 Å². The third kappa shape index (κ3) is 2.53. The van der Waals surface area contributed by atoms with E-state index < -0.39 is 0 Å². The largest absolute Gasteiger partial charge is 0.359 e. The number of carbonyl (C=O) groups is 1. The Balaban J connectivity index is 1.88. The summed E-state index contributed by atoms with van der Waals surface area (Å²) in [6.45, 7) is 1.57. The van der Waals surface area contributed by atoms with Gasteiger partial charge < -0.3 is 5.21 Å². The lowest BCUT2D eigenvalue weighted by molar-refractivity contribution is -0.806. The Hall–Kier alpha value is -2.95. The Labute approximate surface area is 120 Å². The quantitative estimate of drug-likeness (QED) is 0.420. The van der Waals surface area contributed by atoms with E-state index in [0.717, 1.165) is 10.8 Å². The van der Waals surface area contributed by atoms with Crippen LogP contribution in [0, 0.1) is 12.1 Å². The number of hydrogen-bond acceptors (Lipinski definition) is 4. The molecule has 3 rings (SSSR count). The van der Waals surface area contributed by atoms with Crippen LogP contribution in [-0.2, 0) is 0 Å². The molecule has 104 valence electrons. The third-order valence-electron chi connectivity index (χ3n) is 3.28. The summed E-state index contributed by atoms with van der Waals surface area (Å²) in [5, 5.41) is 16.7. The van der Waals surface area contributed by atoms with Gasteiger partial charge in [-0.1, -0.05) is 36.4 Å². The second-order valence-electron chi connectivity index (χ2n) is 4.66. The van der Waals surface area contributed by atoms with Gasteiger partial charge in [0.25, 0.3) is 0 Å². The molecule has 1 aromatic heterocycles. The van der Waals surface area contributed by atoms with Crippen molar-refractivity contribution in [3.05, 3.63) is 70.7 Å². The molecule has 0 spiro atoms. The molecule has 0 saturated carbocycles. The first kappa shape index (κ1) is 13.1. The summed E-state index contributed by atoms with van der Waals surface area (Å²) >= 11 is 0. The Morgan fingerprint density at radius 1 is 1.24 bits per heavy atom. The van der Waals surface area contributed by atoms with Crippen molar-refractivity contribution in [2.75, 3.05) is 0 Å². The first-order valence-electron chi connectivity index (χ1n) is 6.43. The number of hydrogen-bond donors (Lipinski definition) is 0. The second-order valence-corrected chi connectivity index (χ2v) is 4.66. The van der Waals surface area contributed by atoms with E-state index in [-0.39, 0.29) is 5.78 Å². The fraction of sp³-hybridized carbons (Fsp3) is 0.0625. The van der Waals surface area contributed by atoms with Crippen molar-refractivity contribution in [2.45, 2.75) is 6.92 Å². The molecule has 3 aromatic rings. The molecule has 0 aliphatic rings. The highest BCUT2D eigenvalue weighted by molar-refractivity contribution is 6.08. The van der Waals surface area contributed by atoms with Crippen molar-refractivity contribution in [3.8, 4) is 0 Å². The molecule has 0 radical (unpaired) electrons. The second kappa shape index (κ2) is 5.20. The molecule has 0 saturated heterocycles. The molecule has 0 unspecified atom stereocenters. The number of fused-ring (bicyclic) bond motifs is 1. The minimum atomic E-state index is -0.152. The first-order chi connectivity index (χ1) is 10.1. The Morgan fingerprint density at radius 3 is 2.71 bits per heavy atom. The number of nitrogens with zero attached hydrogens (tertiary/aromatic N) is 2. The average molecular weight is 280 g/mol. The lowest BCUT2D eigenvalue weighted by atomic mass is 10.0. The van der Waals surface area contributed by atoms with Crippen LogP contribution in [-0.4, -0.2) is 10.9 Å². The van der Waals surface area contributed by atoms with Gasteiger partial charge in [0, 0.05) is 17.6 Å². The third-order valence-corrected chi connectivity index (χ3v) is 3.28. The van der Waals surface area contributed by atoms with Gasteiger partial charge in [0.05, 0.1) is 0 Å². The summed E-state index contributed by atoms with van der Waals surface area (Å²) in [6, 6.07) is 13.4. The summed E-state index contributed by atoms with van der Waals surface area (Å²) in [7, 11) is 0. The minimum absolute atomic E-state index is 0.152. The van der Waals surface area contributed by atoms with Crippen LogP contribution in [0.2, 0.25) is 0 Å². The maximum Gasteiger partial charge on any atom is 0.244 e. The van der Waals surface area contributed by atoms with Crippen LogP contribution < -0.4 is 4.90 Å². The predicted molar refractivity (Wildman–Crippen MR) is 77.5 cm³/mol. The van der Waals surface area contributed by atoms with E-state index >= 15 is 0 Å². The van der Waals surface area contributed by atoms with E-state index in [9.17, 15) is 10.0 Å². The maximum atomic E-state index is 12.1. The zero-order valence-corrected chi connectivity index (χ0v) is 11.3. The molecule has 0 aliphatic carbocycles. The number of carbonyl (C=O) groups excluding carboxylic acids is 1. The number of benzene rings is 2. The Morgan fingerprint density at radius 2 is 2.00 bits per heavy atom. The summed E-state index contributed by atoms with van der Waals surface area (Å²) in [5.41, 5.74) is 1.25. The van der Waals surface area contributed by atoms with Crippen LogP contribution in [0.25, 0.3) is 16.8 Å². The van der Waals surface area contributed by atoms with Gasteiger partial charge in [-0.25, -0.2) is 0 Å². The molecule has 0 aliphatic heterocycles. The van der Waals surface area contributed by atoms with Gasteiger partial charge >= 0.3 is 0 Å². The van der Waals surface area contributed by atoms with Crippen molar-refractivity contribution in [3.63, 3.8) is 0 Å². The van der Waals surface area contributed by atoms with E-state index in [1.54, 1.807) is 13.0 Å². The lowest BCUT2D eigenvalue weighted by Gasteiger charge is -1.99. The van der Waals surface area contributed by atoms with Crippen molar-refractivity contribution in [2.24, 2.45) is 0 Å². The normalized spacial score (nSPS) is 11.3. The van der Waals surface area contributed by atoms with Crippen LogP contribution in [0.15, 0.2) is 53.2 Å². The first-order valence-corrected chi connectivity index (χ1v) is 6.43. The zero-order chi connectivity index (χ0) is 14.8. The molecule has 0 amide bonds. The van der Waals surface area contributed by atoms with E-state index in [2.05, 4.69) is 9.79 Å². The lowest BCUT2D eigenvalue weighted by Crippen LogP contribution is -2.25. The van der Waals surface area contributed by atoms with Crippen LogP contribution in [0.4, 0.5) is 0 Å². The van der Waals surface area contributed by atoms with Crippen molar-refractivity contribution < 1.29 is 14.3 Å². The SMILES string of the molecule is Cc1c(/C=C/C(=O)c2ccc3ccccc3c2)no[n+]1[O-]. The van der Waals surface area contributed by atoms with Gasteiger partial charge in [0.2, 0.25) is 5.69 Å². The highest BCUT2D eigenvalue weighted by Crippen LogP contribution is 2.16. The molecule has 0 fully saturated rings. The molecule has 0 atom stereocenters. The van der Waals surface area contributed by atoms with Gasteiger partial charge in [-0.15, -0.1) is 0 Å². The van der Waals surface area contributed by atoms with Crippen LogP contribution >= 0.6 is 0 Å². The van der Waals surface area contributed by atoms with Crippen LogP contribution in [0.1, 0.15) is 21.7 Å². The number of aromatic nitrogens is 2. The maximum absolute atomic E-state index is 12.1. The van der Waals surface area contributed by atoms with Gasteiger partial charge in [0.1, 0.15) is 0 Å². The molecular formula is C16H12N2O3. The Kier molecular flexibility index (Phi) is 3.23. The average Bonchev–Trinajstić information content (AvgIpc) is 2.84. The van der Waals surface area contributed by atoms with Crippen LogP contribution in [0.5, 0.6) is 0 Å². The van der Waals surface area contributed by atoms with E-state index in [1.165, 1.54) is 12.2 Å². The van der Waals surface area contributed by atoms with Crippen molar-refractivity contribution in [1.82, 2.24) is 5.16 Å². The smallest absolute Gasteiger partial charge is 0.244 e. The molecular weight excluding hydrogens is 268 g/mol. The summed E-state index contributed by atoms with van der Waals surface area (Å²) < 4.78 is 4.44. The highest BCUT2D eigenvalue weighted by Gasteiger charge is 2.11. The number of allylic oxidation sites excluding steroid dienone is 1. The highest BCUT2D eigenvalue weighted by atomic mass is 16.8. The minimum Gasteiger partial charge on any atom is -0.359 e. The summed E-state index contributed by atoms with van der Waals surface area (Å²) in [5.74, 6) is -0.152. The molecule has 5 nitrogen and oxygen atoms in total. The standard InChI is InChI=1S/C16H12N2O3/c1-11-15(17-21-18(11)20)8-9-16(19)14-7-6-12-4-2-3-5-13(12)10-14/h2-10H,1H3/b9-8+. The van der Waals surface area contributed by atoms with E-state index in [1.807, 2.05) is 36.4 Å². The van der Waals surface area contributed by atoms with Gasteiger partial charge in [-0.3, -0.25) is 9.42 Å². The summed E-state index contributed by atoms with van der Waals surface area (Å²) in [6.07, 6.45) is 2.86. The zero-order valence-electron chi connectivity index (χ0n) is 11.3. The molecule has 0 bridgehead atoms. The molecule has 0 N–H and O–H groups in total. The number of rotatable bonds is 3. The van der Waals surface area contributed by atoms with E-state index in [4.69, 9.17) is 0 Å². The Bertz CT molecular complexity index is 850. The molecule has 5 heteroatoms. The fourth-order valence-corrected chi connectivity index (χ4v) is 2.05. The molecule has 1 heterocycles. The predicted octanol–water partition coefficient (Wildman–Crippen LogP) is 2.67. The monoisotopic (exact) mass is 280 g/mol. The van der Waals surface area contributed by atoms with Crippen LogP contribution in [0.3, 0.4) is 0 Å². The fourth-order valence-electron chi connectivity index (χ4n) is 2.05.